The third kappa shape index (κ3) is 2.85. The minimum Gasteiger partial charge on any atom is -0.497 e. The van der Waals surface area contributed by atoms with Crippen molar-refractivity contribution in [2.24, 2.45) is 5.41 Å². The Morgan fingerprint density at radius 3 is 2.22 bits per heavy atom. The van der Waals surface area contributed by atoms with Crippen molar-refractivity contribution in [3.8, 4) is 5.75 Å². The molecule has 2 saturated carbocycles. The van der Waals surface area contributed by atoms with Crippen LogP contribution in [0.15, 0.2) is 24.3 Å². The molecule has 126 valence electrons. The van der Waals surface area contributed by atoms with Crippen LogP contribution in [0.3, 0.4) is 0 Å². The van der Waals surface area contributed by atoms with Crippen molar-refractivity contribution in [2.45, 2.75) is 63.5 Å². The first-order valence-corrected chi connectivity index (χ1v) is 8.52. The Labute approximate surface area is 138 Å². The number of hydrogen-bond donors (Lipinski definition) is 2. The lowest BCUT2D eigenvalue weighted by molar-refractivity contribution is -0.125. The maximum atomic E-state index is 13.0. The van der Waals surface area contributed by atoms with E-state index in [9.17, 15) is 9.90 Å². The fourth-order valence-electron chi connectivity index (χ4n) is 4.03. The summed E-state index contributed by atoms with van der Waals surface area (Å²) in [5.74, 6) is 0.943. The Balaban J connectivity index is 1.77. The fourth-order valence-corrected chi connectivity index (χ4v) is 4.03. The van der Waals surface area contributed by atoms with Gasteiger partial charge in [0.15, 0.2) is 0 Å². The van der Waals surface area contributed by atoms with Gasteiger partial charge in [0.2, 0.25) is 5.91 Å². The molecule has 0 bridgehead atoms. The zero-order chi connectivity index (χ0) is 16.7. The summed E-state index contributed by atoms with van der Waals surface area (Å²) in [6, 6.07) is 8.07. The normalized spacial score (nSPS) is 32.2. The number of aliphatic hydroxyl groups excluding tert-OH is 1. The zero-order valence-corrected chi connectivity index (χ0v) is 14.3. The molecule has 1 aromatic carbocycles. The van der Waals surface area contributed by atoms with Crippen molar-refractivity contribution in [3.63, 3.8) is 0 Å². The Morgan fingerprint density at radius 2 is 1.74 bits per heavy atom. The number of benzene rings is 1. The van der Waals surface area contributed by atoms with E-state index in [1.165, 1.54) is 0 Å². The summed E-state index contributed by atoms with van der Waals surface area (Å²) in [6.07, 6.45) is 3.97. The van der Waals surface area contributed by atoms with Gasteiger partial charge in [-0.3, -0.25) is 4.79 Å². The molecule has 4 nitrogen and oxygen atoms in total. The van der Waals surface area contributed by atoms with Gasteiger partial charge in [0.1, 0.15) is 5.75 Å². The van der Waals surface area contributed by atoms with Crippen molar-refractivity contribution in [1.82, 2.24) is 5.32 Å². The van der Waals surface area contributed by atoms with Crippen molar-refractivity contribution >= 4 is 5.91 Å². The lowest BCUT2D eigenvalue weighted by Gasteiger charge is -2.29. The van der Waals surface area contributed by atoms with Gasteiger partial charge in [0, 0.05) is 6.04 Å². The molecule has 0 heterocycles. The molecule has 1 aromatic rings. The van der Waals surface area contributed by atoms with Crippen LogP contribution in [-0.4, -0.2) is 30.3 Å². The first-order valence-electron chi connectivity index (χ1n) is 8.52. The van der Waals surface area contributed by atoms with Crippen LogP contribution in [-0.2, 0) is 10.2 Å². The van der Waals surface area contributed by atoms with Gasteiger partial charge in [-0.1, -0.05) is 26.0 Å². The number of rotatable bonds is 4. The van der Waals surface area contributed by atoms with Crippen LogP contribution in [0.25, 0.3) is 0 Å². The first-order chi connectivity index (χ1) is 10.9. The number of aliphatic hydroxyl groups is 1. The van der Waals surface area contributed by atoms with Gasteiger partial charge in [-0.2, -0.15) is 0 Å². The van der Waals surface area contributed by atoms with Crippen molar-refractivity contribution < 1.29 is 14.6 Å². The van der Waals surface area contributed by atoms with E-state index >= 15 is 0 Å². The molecule has 3 rings (SSSR count). The molecule has 2 aliphatic carbocycles. The Bertz CT molecular complexity index is 573. The SMILES string of the molecule is COc1ccc([C@@]2(C(=O)NC3CCC(O)CC3)CC2(C)C)cc1. The van der Waals surface area contributed by atoms with Crippen LogP contribution in [0.5, 0.6) is 5.75 Å². The standard InChI is InChI=1S/C19H27NO3/c1-18(2)12-19(18,13-4-10-16(23-3)11-5-13)17(22)20-14-6-8-15(21)9-7-14/h4-5,10-11,14-15,21H,6-9,12H2,1-3H3,(H,20,22)/t14?,15?,19-/m1/s1. The molecule has 0 spiro atoms. The summed E-state index contributed by atoms with van der Waals surface area (Å²) in [6.45, 7) is 4.31. The monoisotopic (exact) mass is 317 g/mol. The molecule has 0 aliphatic heterocycles. The molecule has 0 saturated heterocycles. The molecule has 1 amide bonds. The third-order valence-corrected chi connectivity index (χ3v) is 5.74. The van der Waals surface area contributed by atoms with Gasteiger partial charge in [0.05, 0.1) is 18.6 Å². The molecule has 0 aromatic heterocycles. The maximum absolute atomic E-state index is 13.0. The molecule has 23 heavy (non-hydrogen) atoms. The van der Waals surface area contributed by atoms with E-state index in [0.29, 0.717) is 0 Å². The highest BCUT2D eigenvalue weighted by Crippen LogP contribution is 2.64. The van der Waals surface area contributed by atoms with Crippen LogP contribution in [0.4, 0.5) is 0 Å². The Morgan fingerprint density at radius 1 is 1.17 bits per heavy atom. The highest BCUT2D eigenvalue weighted by Gasteiger charge is 2.67. The topological polar surface area (TPSA) is 58.6 Å². The molecular formula is C19H27NO3. The largest absolute Gasteiger partial charge is 0.497 e. The second kappa shape index (κ2) is 5.82. The van der Waals surface area contributed by atoms with E-state index in [4.69, 9.17) is 4.74 Å². The Kier molecular flexibility index (Phi) is 4.13. The van der Waals surface area contributed by atoms with Crippen LogP contribution in [0, 0.1) is 5.41 Å². The smallest absolute Gasteiger partial charge is 0.231 e. The van der Waals surface area contributed by atoms with E-state index in [1.807, 2.05) is 24.3 Å². The van der Waals surface area contributed by atoms with Gasteiger partial charge in [-0.05, 0) is 55.2 Å². The van der Waals surface area contributed by atoms with Crippen LogP contribution in [0.1, 0.15) is 51.5 Å². The minimum atomic E-state index is -0.435. The molecule has 4 heteroatoms. The fraction of sp³-hybridized carbons (Fsp3) is 0.632. The van der Waals surface area contributed by atoms with E-state index < -0.39 is 5.41 Å². The molecule has 2 fully saturated rings. The molecule has 0 unspecified atom stereocenters. The number of ether oxygens (including phenoxy) is 1. The third-order valence-electron chi connectivity index (χ3n) is 5.74. The molecule has 0 radical (unpaired) electrons. The molecule has 2 N–H and O–H groups in total. The summed E-state index contributed by atoms with van der Waals surface area (Å²) < 4.78 is 5.22. The van der Waals surface area contributed by atoms with E-state index in [2.05, 4.69) is 19.2 Å². The first kappa shape index (κ1) is 16.3. The number of carbonyl (C=O) groups excluding carboxylic acids is 1. The number of amides is 1. The number of nitrogens with one attached hydrogen (secondary N) is 1. The van der Waals surface area contributed by atoms with Crippen molar-refractivity contribution in [1.29, 1.82) is 0 Å². The van der Waals surface area contributed by atoms with Gasteiger partial charge in [0.25, 0.3) is 0 Å². The highest BCUT2D eigenvalue weighted by atomic mass is 16.5. The van der Waals surface area contributed by atoms with Crippen molar-refractivity contribution in [2.75, 3.05) is 7.11 Å². The summed E-state index contributed by atoms with van der Waals surface area (Å²) in [7, 11) is 1.65. The number of methoxy groups -OCH3 is 1. The lowest BCUT2D eigenvalue weighted by atomic mass is 9.85. The van der Waals surface area contributed by atoms with Crippen molar-refractivity contribution in [3.05, 3.63) is 29.8 Å². The predicted octanol–water partition coefficient (Wildman–Crippen LogP) is 2.78. The molecule has 1 atom stereocenters. The maximum Gasteiger partial charge on any atom is 0.231 e. The second-order valence-electron chi connectivity index (χ2n) is 7.67. The van der Waals surface area contributed by atoms with Crippen LogP contribution >= 0.6 is 0 Å². The average molecular weight is 317 g/mol. The summed E-state index contributed by atoms with van der Waals surface area (Å²) in [5.41, 5.74) is 0.603. The predicted molar refractivity (Wildman–Crippen MR) is 89.5 cm³/mol. The van der Waals surface area contributed by atoms with Crippen LogP contribution < -0.4 is 10.1 Å². The van der Waals surface area contributed by atoms with Crippen LogP contribution in [0.2, 0.25) is 0 Å². The van der Waals surface area contributed by atoms with E-state index in [1.54, 1.807) is 7.11 Å². The molecule has 2 aliphatic rings. The zero-order valence-electron chi connectivity index (χ0n) is 14.3. The lowest BCUT2D eigenvalue weighted by Crippen LogP contribution is -2.45. The number of carbonyl (C=O) groups is 1. The van der Waals surface area contributed by atoms with E-state index in [-0.39, 0.29) is 23.5 Å². The average Bonchev–Trinajstić information content (AvgIpc) is 3.14. The highest BCUT2D eigenvalue weighted by molar-refractivity contribution is 5.93. The quantitative estimate of drug-likeness (QED) is 0.898. The summed E-state index contributed by atoms with van der Waals surface area (Å²) in [4.78, 5) is 13.0. The summed E-state index contributed by atoms with van der Waals surface area (Å²) >= 11 is 0. The van der Waals surface area contributed by atoms with Gasteiger partial charge < -0.3 is 15.2 Å². The number of hydrogen-bond acceptors (Lipinski definition) is 3. The van der Waals surface area contributed by atoms with Gasteiger partial charge in [-0.25, -0.2) is 0 Å². The Hall–Kier alpha value is -1.55. The second-order valence-corrected chi connectivity index (χ2v) is 7.67. The minimum absolute atomic E-state index is 0.0279. The van der Waals surface area contributed by atoms with Gasteiger partial charge >= 0.3 is 0 Å². The molecular weight excluding hydrogens is 290 g/mol. The summed E-state index contributed by atoms with van der Waals surface area (Å²) in [5, 5.41) is 12.9. The van der Waals surface area contributed by atoms with E-state index in [0.717, 1.165) is 43.4 Å². The van der Waals surface area contributed by atoms with Gasteiger partial charge in [-0.15, -0.1) is 0 Å².